The van der Waals surface area contributed by atoms with Crippen molar-refractivity contribution < 1.29 is 14.7 Å². The Kier molecular flexibility index (Phi) is 6.06. The highest BCUT2D eigenvalue weighted by atomic mass is 35.5. The summed E-state index contributed by atoms with van der Waals surface area (Å²) in [6.07, 6.45) is -0.221. The number of pyridine rings is 1. The van der Waals surface area contributed by atoms with Gasteiger partial charge in [-0.2, -0.15) is 0 Å². The molecule has 28 heavy (non-hydrogen) atoms. The van der Waals surface area contributed by atoms with Crippen LogP contribution in [0, 0.1) is 6.92 Å². The summed E-state index contributed by atoms with van der Waals surface area (Å²) in [7, 11) is 0. The molecule has 0 aliphatic heterocycles. The Morgan fingerprint density at radius 3 is 2.46 bits per heavy atom. The third kappa shape index (κ3) is 4.56. The lowest BCUT2D eigenvalue weighted by Crippen LogP contribution is -2.31. The Balaban J connectivity index is 1.88. The van der Waals surface area contributed by atoms with Gasteiger partial charge in [0.25, 0.3) is 5.91 Å². The van der Waals surface area contributed by atoms with E-state index in [9.17, 15) is 14.7 Å². The van der Waals surface area contributed by atoms with Gasteiger partial charge in [0.05, 0.1) is 18.2 Å². The average Bonchev–Trinajstić information content (AvgIpc) is 2.68. The van der Waals surface area contributed by atoms with Crippen molar-refractivity contribution in [3.8, 4) is 11.3 Å². The minimum Gasteiger partial charge on any atom is -0.481 e. The Bertz CT molecular complexity index is 1020. The molecule has 0 aliphatic rings. The maximum Gasteiger partial charge on any atom is 0.305 e. The van der Waals surface area contributed by atoms with Gasteiger partial charge in [-0.25, -0.2) is 4.98 Å². The van der Waals surface area contributed by atoms with Gasteiger partial charge in [-0.1, -0.05) is 60.1 Å². The van der Waals surface area contributed by atoms with E-state index in [0.29, 0.717) is 10.7 Å². The van der Waals surface area contributed by atoms with Crippen molar-refractivity contribution >= 4 is 23.5 Å². The molecular weight excluding hydrogens is 376 g/mol. The number of nitrogens with one attached hydrogen (secondary N) is 1. The second-order valence-electron chi connectivity index (χ2n) is 6.37. The molecule has 0 spiro atoms. The number of hydrogen-bond acceptors (Lipinski definition) is 3. The molecule has 1 unspecified atom stereocenters. The molecule has 0 saturated heterocycles. The summed E-state index contributed by atoms with van der Waals surface area (Å²) in [4.78, 5) is 28.5. The van der Waals surface area contributed by atoms with E-state index in [2.05, 4.69) is 10.3 Å². The van der Waals surface area contributed by atoms with Gasteiger partial charge in [-0.15, -0.1) is 0 Å². The van der Waals surface area contributed by atoms with Crippen LogP contribution in [0.25, 0.3) is 11.3 Å². The molecular formula is C22H19ClN2O3. The number of carbonyl (C=O) groups excluding carboxylic acids is 1. The summed E-state index contributed by atoms with van der Waals surface area (Å²) >= 11 is 6.22. The number of carbonyl (C=O) groups is 2. The summed E-state index contributed by atoms with van der Waals surface area (Å²) in [6.45, 7) is 1.88. The zero-order chi connectivity index (χ0) is 20.1. The highest BCUT2D eigenvalue weighted by molar-refractivity contribution is 6.33. The van der Waals surface area contributed by atoms with E-state index in [4.69, 9.17) is 11.6 Å². The minimum atomic E-state index is -0.994. The standard InChI is InChI=1S/C22H19ClN2O3/c1-14-7-2-3-8-15(14)20(13-21(26)27)25-22(28)19-12-6-11-18(24-19)16-9-4-5-10-17(16)23/h2-12,20H,13H2,1H3,(H,25,28)(H,26,27). The van der Waals surface area contributed by atoms with Gasteiger partial charge < -0.3 is 10.4 Å². The zero-order valence-electron chi connectivity index (χ0n) is 15.2. The third-order valence-electron chi connectivity index (χ3n) is 4.38. The van der Waals surface area contributed by atoms with Gasteiger partial charge in [-0.3, -0.25) is 9.59 Å². The zero-order valence-corrected chi connectivity index (χ0v) is 16.0. The van der Waals surface area contributed by atoms with Crippen LogP contribution in [0.1, 0.15) is 34.1 Å². The number of aryl methyl sites for hydroxylation is 1. The summed E-state index contributed by atoms with van der Waals surface area (Å²) in [5.41, 5.74) is 3.16. The average molecular weight is 395 g/mol. The van der Waals surface area contributed by atoms with Crippen LogP contribution >= 0.6 is 11.6 Å². The predicted molar refractivity (Wildman–Crippen MR) is 108 cm³/mol. The number of rotatable bonds is 6. The van der Waals surface area contributed by atoms with Crippen LogP contribution in [0.15, 0.2) is 66.7 Å². The first-order chi connectivity index (χ1) is 13.5. The normalized spacial score (nSPS) is 11.6. The lowest BCUT2D eigenvalue weighted by molar-refractivity contribution is -0.137. The largest absolute Gasteiger partial charge is 0.481 e. The van der Waals surface area contributed by atoms with Crippen molar-refractivity contribution in [1.82, 2.24) is 10.3 Å². The lowest BCUT2D eigenvalue weighted by Gasteiger charge is -2.19. The highest BCUT2D eigenvalue weighted by Crippen LogP contribution is 2.26. The molecule has 3 aromatic rings. The van der Waals surface area contributed by atoms with E-state index in [1.54, 1.807) is 24.3 Å². The topological polar surface area (TPSA) is 79.3 Å². The van der Waals surface area contributed by atoms with E-state index in [0.717, 1.165) is 16.7 Å². The Morgan fingerprint density at radius 2 is 1.75 bits per heavy atom. The van der Waals surface area contributed by atoms with E-state index in [-0.39, 0.29) is 12.1 Å². The van der Waals surface area contributed by atoms with Gasteiger partial charge in [0.2, 0.25) is 0 Å². The molecule has 0 saturated carbocycles. The summed E-state index contributed by atoms with van der Waals surface area (Å²) in [6, 6.07) is 19.1. The summed E-state index contributed by atoms with van der Waals surface area (Å²) in [5, 5.41) is 12.6. The van der Waals surface area contributed by atoms with Gasteiger partial charge >= 0.3 is 5.97 Å². The van der Waals surface area contributed by atoms with E-state index in [1.807, 2.05) is 49.4 Å². The Morgan fingerprint density at radius 1 is 1.04 bits per heavy atom. The molecule has 1 aromatic heterocycles. The van der Waals surface area contributed by atoms with Gasteiger partial charge in [0.1, 0.15) is 5.69 Å². The van der Waals surface area contributed by atoms with Crippen molar-refractivity contribution in [2.75, 3.05) is 0 Å². The van der Waals surface area contributed by atoms with Crippen LogP contribution in [0.2, 0.25) is 5.02 Å². The van der Waals surface area contributed by atoms with Crippen molar-refractivity contribution in [3.63, 3.8) is 0 Å². The van der Waals surface area contributed by atoms with E-state index < -0.39 is 17.9 Å². The Labute approximate surface area is 168 Å². The molecule has 0 aliphatic carbocycles. The lowest BCUT2D eigenvalue weighted by atomic mass is 9.98. The molecule has 2 aromatic carbocycles. The van der Waals surface area contributed by atoms with Crippen LogP contribution in [-0.2, 0) is 4.79 Å². The number of nitrogens with zero attached hydrogens (tertiary/aromatic N) is 1. The number of amides is 1. The first-order valence-corrected chi connectivity index (χ1v) is 9.13. The van der Waals surface area contributed by atoms with Gasteiger partial charge in [0, 0.05) is 10.6 Å². The highest BCUT2D eigenvalue weighted by Gasteiger charge is 2.21. The fourth-order valence-corrected chi connectivity index (χ4v) is 3.24. The van der Waals surface area contributed by atoms with Gasteiger partial charge in [-0.05, 0) is 36.2 Å². The number of aromatic nitrogens is 1. The van der Waals surface area contributed by atoms with Crippen LogP contribution in [0.5, 0.6) is 0 Å². The molecule has 5 nitrogen and oxygen atoms in total. The number of carboxylic acid groups (broad SMARTS) is 1. The molecule has 0 radical (unpaired) electrons. The third-order valence-corrected chi connectivity index (χ3v) is 4.71. The molecule has 142 valence electrons. The fourth-order valence-electron chi connectivity index (χ4n) is 3.00. The second-order valence-corrected chi connectivity index (χ2v) is 6.78. The number of halogens is 1. The molecule has 1 amide bonds. The van der Waals surface area contributed by atoms with Gasteiger partial charge in [0.15, 0.2) is 0 Å². The van der Waals surface area contributed by atoms with Crippen molar-refractivity contribution in [2.45, 2.75) is 19.4 Å². The maximum absolute atomic E-state index is 12.8. The van der Waals surface area contributed by atoms with Crippen LogP contribution < -0.4 is 5.32 Å². The number of aliphatic carboxylic acids is 1. The molecule has 1 heterocycles. The fraction of sp³-hybridized carbons (Fsp3) is 0.136. The summed E-state index contributed by atoms with van der Waals surface area (Å²) in [5.74, 6) is -1.44. The van der Waals surface area contributed by atoms with Crippen LogP contribution in [-0.4, -0.2) is 22.0 Å². The first-order valence-electron chi connectivity index (χ1n) is 8.76. The summed E-state index contributed by atoms with van der Waals surface area (Å²) < 4.78 is 0. The number of hydrogen-bond donors (Lipinski definition) is 2. The quantitative estimate of drug-likeness (QED) is 0.637. The predicted octanol–water partition coefficient (Wildman–Crippen LogP) is 4.66. The second kappa shape index (κ2) is 8.67. The molecule has 0 bridgehead atoms. The first kappa shape index (κ1) is 19.6. The van der Waals surface area contributed by atoms with E-state index in [1.165, 1.54) is 0 Å². The number of benzene rings is 2. The monoisotopic (exact) mass is 394 g/mol. The van der Waals surface area contributed by atoms with Crippen LogP contribution in [0.4, 0.5) is 0 Å². The minimum absolute atomic E-state index is 0.196. The van der Waals surface area contributed by atoms with Crippen molar-refractivity contribution in [2.24, 2.45) is 0 Å². The molecule has 1 atom stereocenters. The molecule has 6 heteroatoms. The van der Waals surface area contributed by atoms with Crippen molar-refractivity contribution in [3.05, 3.63) is 88.6 Å². The van der Waals surface area contributed by atoms with Crippen LogP contribution in [0.3, 0.4) is 0 Å². The smallest absolute Gasteiger partial charge is 0.305 e. The Hall–Kier alpha value is -3.18. The molecule has 2 N–H and O–H groups in total. The number of carboxylic acids is 1. The maximum atomic E-state index is 12.8. The molecule has 3 rings (SSSR count). The van der Waals surface area contributed by atoms with E-state index >= 15 is 0 Å². The van der Waals surface area contributed by atoms with Crippen molar-refractivity contribution in [1.29, 1.82) is 0 Å². The SMILES string of the molecule is Cc1ccccc1C(CC(=O)O)NC(=O)c1cccc(-c2ccccc2Cl)n1. The molecule has 0 fully saturated rings.